The van der Waals surface area contributed by atoms with E-state index < -0.39 is 0 Å². The van der Waals surface area contributed by atoms with E-state index in [-0.39, 0.29) is 23.8 Å². The molecule has 3 aliphatic carbocycles. The predicted octanol–water partition coefficient (Wildman–Crippen LogP) is 3.89. The Hall–Kier alpha value is -1.32. The first kappa shape index (κ1) is 18.0. The first-order chi connectivity index (χ1) is 10.9. The Morgan fingerprint density at radius 3 is 1.57 bits per heavy atom. The second-order valence-corrected chi connectivity index (χ2v) is 7.71. The van der Waals surface area contributed by atoms with Crippen LogP contribution in [0.1, 0.15) is 59.8 Å². The van der Waals surface area contributed by atoms with Crippen molar-refractivity contribution in [2.24, 2.45) is 23.7 Å². The molecule has 3 aliphatic rings. The van der Waals surface area contributed by atoms with E-state index in [4.69, 9.17) is 9.47 Å². The highest BCUT2D eigenvalue weighted by Crippen LogP contribution is 2.44. The Balaban J connectivity index is 2.25. The fraction of sp³-hybridized carbons (Fsp3) is 0.789. The van der Waals surface area contributed by atoms with Crippen molar-refractivity contribution >= 4 is 11.9 Å². The third kappa shape index (κ3) is 4.58. The zero-order valence-corrected chi connectivity index (χ0v) is 14.9. The molecule has 0 N–H and O–H groups in total. The minimum atomic E-state index is -0.299. The fourth-order valence-electron chi connectivity index (χ4n) is 3.51. The molecular formula is C19H30O4. The Morgan fingerprint density at radius 1 is 0.826 bits per heavy atom. The summed E-state index contributed by atoms with van der Waals surface area (Å²) >= 11 is 0. The minimum Gasteiger partial charge on any atom is -0.462 e. The van der Waals surface area contributed by atoms with E-state index in [2.05, 4.69) is 0 Å². The lowest BCUT2D eigenvalue weighted by atomic mass is 9.78. The van der Waals surface area contributed by atoms with Crippen LogP contribution in [0.4, 0.5) is 0 Å². The maximum Gasteiger partial charge on any atom is 0.334 e. The monoisotopic (exact) mass is 322 g/mol. The summed E-state index contributed by atoms with van der Waals surface area (Å²) in [6.45, 7) is 8.84. The summed E-state index contributed by atoms with van der Waals surface area (Å²) in [5.41, 5.74) is 1.24. The number of fused-ring (bicyclic) bond motifs is 3. The molecule has 3 rings (SSSR count). The highest BCUT2D eigenvalue weighted by molar-refractivity contribution is 6.01. The molecule has 0 saturated heterocycles. The summed E-state index contributed by atoms with van der Waals surface area (Å²) in [5, 5.41) is 0. The topological polar surface area (TPSA) is 52.6 Å². The van der Waals surface area contributed by atoms with Gasteiger partial charge in [0.05, 0.1) is 24.4 Å². The van der Waals surface area contributed by atoms with Crippen molar-refractivity contribution in [3.63, 3.8) is 0 Å². The summed E-state index contributed by atoms with van der Waals surface area (Å²) in [7, 11) is 0. The lowest BCUT2D eigenvalue weighted by Gasteiger charge is -2.28. The van der Waals surface area contributed by atoms with Crippen molar-refractivity contribution in [2.75, 3.05) is 13.2 Å². The number of hydrogen-bond acceptors (Lipinski definition) is 4. The molecule has 23 heavy (non-hydrogen) atoms. The Bertz CT molecular complexity index is 430. The highest BCUT2D eigenvalue weighted by Gasteiger charge is 2.40. The zero-order valence-electron chi connectivity index (χ0n) is 14.9. The fourth-order valence-corrected chi connectivity index (χ4v) is 3.51. The quantitative estimate of drug-likeness (QED) is 0.696. The third-order valence-electron chi connectivity index (χ3n) is 4.61. The molecule has 0 amide bonds. The molecule has 4 heteroatoms. The lowest BCUT2D eigenvalue weighted by molar-refractivity contribution is -0.144. The van der Waals surface area contributed by atoms with Gasteiger partial charge < -0.3 is 9.47 Å². The van der Waals surface area contributed by atoms with Crippen LogP contribution in [-0.2, 0) is 19.1 Å². The molecule has 2 atom stereocenters. The number of hydrogen-bond donors (Lipinski definition) is 0. The number of rotatable bonds is 6. The van der Waals surface area contributed by atoms with Crippen LogP contribution in [0.25, 0.3) is 0 Å². The van der Waals surface area contributed by atoms with Gasteiger partial charge in [-0.2, -0.15) is 0 Å². The highest BCUT2D eigenvalue weighted by atomic mass is 16.5. The van der Waals surface area contributed by atoms with E-state index in [0.29, 0.717) is 36.2 Å². The smallest absolute Gasteiger partial charge is 0.334 e. The second kappa shape index (κ2) is 7.98. The SMILES string of the molecule is CC(C)COC(=O)C1=C(C(=O)OCC(C)C)C2CCCC1CC2. The van der Waals surface area contributed by atoms with E-state index >= 15 is 0 Å². The number of ether oxygens (including phenoxy) is 2. The van der Waals surface area contributed by atoms with E-state index in [1.807, 2.05) is 27.7 Å². The Labute approximate surface area is 139 Å². The largest absolute Gasteiger partial charge is 0.462 e. The molecule has 0 spiro atoms. The van der Waals surface area contributed by atoms with Crippen LogP contribution in [0, 0.1) is 23.7 Å². The van der Waals surface area contributed by atoms with Gasteiger partial charge in [0.1, 0.15) is 0 Å². The molecule has 2 bridgehead atoms. The maximum absolute atomic E-state index is 12.6. The summed E-state index contributed by atoms with van der Waals surface area (Å²) in [4.78, 5) is 25.2. The normalized spacial score (nSPS) is 24.1. The number of esters is 2. The van der Waals surface area contributed by atoms with Gasteiger partial charge in [0.15, 0.2) is 0 Å². The summed E-state index contributed by atoms with van der Waals surface area (Å²) in [6, 6.07) is 0. The molecule has 1 saturated carbocycles. The first-order valence-corrected chi connectivity index (χ1v) is 8.98. The van der Waals surface area contributed by atoms with E-state index in [1.165, 1.54) is 0 Å². The molecule has 0 heterocycles. The van der Waals surface area contributed by atoms with Gasteiger partial charge in [-0.15, -0.1) is 0 Å². The molecule has 0 aliphatic heterocycles. The van der Waals surface area contributed by atoms with Gasteiger partial charge in [-0.25, -0.2) is 9.59 Å². The third-order valence-corrected chi connectivity index (χ3v) is 4.61. The maximum atomic E-state index is 12.6. The van der Waals surface area contributed by atoms with E-state index in [1.54, 1.807) is 0 Å². The van der Waals surface area contributed by atoms with Gasteiger partial charge in [0.2, 0.25) is 0 Å². The Morgan fingerprint density at radius 2 is 1.22 bits per heavy atom. The van der Waals surface area contributed by atoms with E-state index in [9.17, 15) is 9.59 Å². The van der Waals surface area contributed by atoms with Gasteiger partial charge in [0, 0.05) is 0 Å². The molecule has 0 aromatic rings. The Kier molecular flexibility index (Phi) is 6.25. The number of carbonyl (C=O) groups excluding carboxylic acids is 2. The predicted molar refractivity (Wildman–Crippen MR) is 88.7 cm³/mol. The van der Waals surface area contributed by atoms with E-state index in [0.717, 1.165) is 32.1 Å². The van der Waals surface area contributed by atoms with Gasteiger partial charge >= 0.3 is 11.9 Å². The lowest BCUT2D eigenvalue weighted by Crippen LogP contribution is -2.29. The molecule has 1 fully saturated rings. The molecule has 4 nitrogen and oxygen atoms in total. The van der Waals surface area contributed by atoms with Crippen LogP contribution in [0.3, 0.4) is 0 Å². The average Bonchev–Trinajstić information content (AvgIpc) is 2.83. The van der Waals surface area contributed by atoms with Crippen molar-refractivity contribution in [3.8, 4) is 0 Å². The van der Waals surface area contributed by atoms with Gasteiger partial charge in [-0.05, 0) is 49.4 Å². The van der Waals surface area contributed by atoms with Gasteiger partial charge in [0.25, 0.3) is 0 Å². The van der Waals surface area contributed by atoms with Crippen molar-refractivity contribution < 1.29 is 19.1 Å². The molecule has 0 radical (unpaired) electrons. The summed E-state index contributed by atoms with van der Waals surface area (Å²) in [6.07, 6.45) is 4.99. The van der Waals surface area contributed by atoms with Crippen molar-refractivity contribution in [1.82, 2.24) is 0 Å². The van der Waals surface area contributed by atoms with Crippen LogP contribution in [0.5, 0.6) is 0 Å². The van der Waals surface area contributed by atoms with Gasteiger partial charge in [-0.1, -0.05) is 34.1 Å². The molecule has 2 unspecified atom stereocenters. The molecular weight excluding hydrogens is 292 g/mol. The molecule has 130 valence electrons. The number of carbonyl (C=O) groups is 2. The van der Waals surface area contributed by atoms with Crippen LogP contribution in [0.15, 0.2) is 11.1 Å². The molecule has 0 aromatic carbocycles. The van der Waals surface area contributed by atoms with Gasteiger partial charge in [-0.3, -0.25) is 0 Å². The first-order valence-electron chi connectivity index (χ1n) is 8.98. The van der Waals surface area contributed by atoms with Crippen LogP contribution < -0.4 is 0 Å². The average molecular weight is 322 g/mol. The minimum absolute atomic E-state index is 0.162. The van der Waals surface area contributed by atoms with Crippen molar-refractivity contribution in [2.45, 2.75) is 59.8 Å². The molecule has 0 aromatic heterocycles. The van der Waals surface area contributed by atoms with Crippen molar-refractivity contribution in [3.05, 3.63) is 11.1 Å². The summed E-state index contributed by atoms with van der Waals surface area (Å²) in [5.74, 6) is 0.307. The van der Waals surface area contributed by atoms with Crippen LogP contribution in [-0.4, -0.2) is 25.2 Å². The zero-order chi connectivity index (χ0) is 17.0. The van der Waals surface area contributed by atoms with Crippen LogP contribution >= 0.6 is 0 Å². The van der Waals surface area contributed by atoms with Crippen LogP contribution in [0.2, 0.25) is 0 Å². The van der Waals surface area contributed by atoms with Crippen molar-refractivity contribution in [1.29, 1.82) is 0 Å². The summed E-state index contributed by atoms with van der Waals surface area (Å²) < 4.78 is 10.9. The second-order valence-electron chi connectivity index (χ2n) is 7.71. The standard InChI is InChI=1S/C19H30O4/c1-12(2)10-22-18(20)16-14-6-5-7-15(9-8-14)17(16)19(21)23-11-13(3)4/h12-15H,5-11H2,1-4H3.